The molecule has 0 N–H and O–H groups in total. The van der Waals surface area contributed by atoms with Gasteiger partial charge in [0.15, 0.2) is 0 Å². The van der Waals surface area contributed by atoms with Crippen LogP contribution >= 0.6 is 0 Å². The lowest BCUT2D eigenvalue weighted by molar-refractivity contribution is -0.267. The molecule has 0 bridgehead atoms. The zero-order chi connectivity index (χ0) is 59.0. The SMILES string of the molecule is O=C([O-])N(CCCCCCN1CCCN(CCCCCCN(Cc2ccccc2)C(=O)[O-])CCCN(CCCCCCN(Cc2ccccc2)C(=O)[O-])CCN(CCCCCCN(Cc2ccccc2)C(=O)[O-])CCC1)Cc1ccccc1. The first-order chi connectivity index (χ1) is 40.5. The van der Waals surface area contributed by atoms with Crippen molar-refractivity contribution in [1.29, 1.82) is 0 Å². The quantitative estimate of drug-likeness (QED) is 0.0400. The average Bonchev–Trinajstić information content (AvgIpc) is 3.50. The van der Waals surface area contributed by atoms with E-state index in [0.717, 1.165) is 223 Å². The molecule has 4 aromatic carbocycles. The summed E-state index contributed by atoms with van der Waals surface area (Å²) in [7, 11) is 0. The van der Waals surface area contributed by atoms with Crippen molar-refractivity contribution in [3.8, 4) is 0 Å². The number of hydrogen-bond donors (Lipinski definition) is 0. The molecule has 83 heavy (non-hydrogen) atoms. The van der Waals surface area contributed by atoms with Crippen molar-refractivity contribution in [3.63, 3.8) is 0 Å². The fourth-order valence-electron chi connectivity index (χ4n) is 11.3. The lowest BCUT2D eigenvalue weighted by atomic mass is 10.1. The summed E-state index contributed by atoms with van der Waals surface area (Å²) < 4.78 is 0. The molecular weight excluding hydrogens is 1040 g/mol. The molecule has 0 aliphatic carbocycles. The van der Waals surface area contributed by atoms with E-state index in [1.165, 1.54) is 19.6 Å². The van der Waals surface area contributed by atoms with E-state index < -0.39 is 24.4 Å². The molecule has 458 valence electrons. The molecule has 16 nitrogen and oxygen atoms in total. The molecule has 0 atom stereocenters. The Labute approximate surface area is 497 Å². The molecule has 1 aliphatic rings. The molecule has 4 amide bonds. The van der Waals surface area contributed by atoms with Crippen LogP contribution in [0.3, 0.4) is 0 Å². The van der Waals surface area contributed by atoms with Crippen LogP contribution in [-0.4, -0.2) is 168 Å². The molecular formula is C67H98N8O8-4. The van der Waals surface area contributed by atoms with Gasteiger partial charge in [0.1, 0.15) is 24.4 Å². The van der Waals surface area contributed by atoms with Gasteiger partial charge in [0.25, 0.3) is 0 Å². The van der Waals surface area contributed by atoms with Crippen LogP contribution in [0.2, 0.25) is 0 Å². The van der Waals surface area contributed by atoms with Crippen molar-refractivity contribution in [2.45, 2.75) is 148 Å². The van der Waals surface area contributed by atoms with Gasteiger partial charge >= 0.3 is 0 Å². The highest BCUT2D eigenvalue weighted by Gasteiger charge is 2.16. The fraction of sp³-hybridized carbons (Fsp3) is 0.582. The normalized spacial score (nSPS) is 14.6. The molecule has 1 saturated heterocycles. The van der Waals surface area contributed by atoms with Gasteiger partial charge in [0.05, 0.1) is 0 Å². The first kappa shape index (κ1) is 67.6. The predicted molar refractivity (Wildman–Crippen MR) is 322 cm³/mol. The Morgan fingerprint density at radius 2 is 0.470 bits per heavy atom. The van der Waals surface area contributed by atoms with Gasteiger partial charge in [0, 0.05) is 65.4 Å². The fourth-order valence-corrected chi connectivity index (χ4v) is 11.3. The summed E-state index contributed by atoms with van der Waals surface area (Å²) in [5.41, 5.74) is 3.83. The maximum Gasteiger partial charge on any atom is 0.137 e. The number of unbranched alkanes of at least 4 members (excludes halogenated alkanes) is 12. The van der Waals surface area contributed by atoms with Gasteiger partial charge in [-0.3, -0.25) is 0 Å². The predicted octanol–water partition coefficient (Wildman–Crippen LogP) is 8.00. The highest BCUT2D eigenvalue weighted by Crippen LogP contribution is 2.15. The van der Waals surface area contributed by atoms with Gasteiger partial charge in [-0.05, 0) is 158 Å². The summed E-state index contributed by atoms with van der Waals surface area (Å²) in [5.74, 6) is 0. The van der Waals surface area contributed by atoms with E-state index in [1.54, 1.807) is 0 Å². The van der Waals surface area contributed by atoms with Crippen LogP contribution in [0, 0.1) is 0 Å². The second-order valence-electron chi connectivity index (χ2n) is 22.8. The average molecular weight is 1140 g/mol. The van der Waals surface area contributed by atoms with Crippen LogP contribution in [0.25, 0.3) is 0 Å². The highest BCUT2D eigenvalue weighted by molar-refractivity contribution is 5.63. The molecule has 5 rings (SSSR count). The number of carbonyl (C=O) groups is 4. The van der Waals surface area contributed by atoms with E-state index >= 15 is 0 Å². The van der Waals surface area contributed by atoms with Crippen molar-refractivity contribution in [1.82, 2.24) is 39.2 Å². The van der Waals surface area contributed by atoms with E-state index in [-0.39, 0.29) is 0 Å². The van der Waals surface area contributed by atoms with E-state index in [4.69, 9.17) is 0 Å². The molecule has 1 aliphatic heterocycles. The van der Waals surface area contributed by atoms with Gasteiger partial charge in [-0.2, -0.15) is 0 Å². The zero-order valence-corrected chi connectivity index (χ0v) is 50.0. The number of carboxylic acid groups (broad SMARTS) is 4. The van der Waals surface area contributed by atoms with Gasteiger partial charge in [-0.15, -0.1) is 0 Å². The second kappa shape index (κ2) is 41.7. The van der Waals surface area contributed by atoms with Crippen molar-refractivity contribution in [2.75, 3.05) is 105 Å². The minimum absolute atomic E-state index is 0.335. The minimum atomic E-state index is -1.13. The maximum atomic E-state index is 12.0. The smallest absolute Gasteiger partial charge is 0.137 e. The molecule has 0 saturated carbocycles. The summed E-state index contributed by atoms with van der Waals surface area (Å²) in [6, 6.07) is 38.7. The van der Waals surface area contributed by atoms with Crippen molar-refractivity contribution < 1.29 is 39.6 Å². The zero-order valence-electron chi connectivity index (χ0n) is 50.0. The largest absolute Gasteiger partial charge is 0.530 e. The molecule has 0 unspecified atom stereocenters. The van der Waals surface area contributed by atoms with E-state index in [0.29, 0.717) is 52.4 Å². The van der Waals surface area contributed by atoms with E-state index in [1.807, 2.05) is 121 Å². The van der Waals surface area contributed by atoms with Crippen LogP contribution in [0.5, 0.6) is 0 Å². The number of hydrogen-bond acceptors (Lipinski definition) is 12. The summed E-state index contributed by atoms with van der Waals surface area (Å²) in [6.45, 7) is 15.1. The van der Waals surface area contributed by atoms with Crippen molar-refractivity contribution in [3.05, 3.63) is 144 Å². The van der Waals surface area contributed by atoms with Crippen molar-refractivity contribution in [2.24, 2.45) is 0 Å². The Kier molecular flexibility index (Phi) is 34.0. The molecule has 0 radical (unpaired) electrons. The van der Waals surface area contributed by atoms with Crippen molar-refractivity contribution >= 4 is 24.4 Å². The number of benzene rings is 4. The molecule has 0 spiro atoms. The number of rotatable bonds is 36. The summed E-state index contributed by atoms with van der Waals surface area (Å²) in [5, 5.41) is 48.0. The van der Waals surface area contributed by atoms with Crippen LogP contribution in [0.15, 0.2) is 121 Å². The van der Waals surface area contributed by atoms with Gasteiger partial charge in [-0.1, -0.05) is 173 Å². The summed E-state index contributed by atoms with van der Waals surface area (Å²) in [6.07, 6.45) is 13.9. The Bertz CT molecular complexity index is 2160. The Hall–Kier alpha value is -6.20. The monoisotopic (exact) mass is 1140 g/mol. The Balaban J connectivity index is 1.18. The van der Waals surface area contributed by atoms with E-state index in [9.17, 15) is 39.6 Å². The Morgan fingerprint density at radius 3 is 0.675 bits per heavy atom. The molecule has 1 fully saturated rings. The van der Waals surface area contributed by atoms with Crippen LogP contribution in [-0.2, 0) is 26.2 Å². The number of carbonyl (C=O) groups excluding carboxylic acids is 4. The first-order valence-corrected chi connectivity index (χ1v) is 31.4. The molecule has 4 aromatic rings. The lowest BCUT2D eigenvalue weighted by Gasteiger charge is -2.29. The highest BCUT2D eigenvalue weighted by atomic mass is 16.4. The third kappa shape index (κ3) is 30.3. The first-order valence-electron chi connectivity index (χ1n) is 31.4. The summed E-state index contributed by atoms with van der Waals surface area (Å²) in [4.78, 5) is 64.2. The number of amides is 4. The van der Waals surface area contributed by atoms with Crippen LogP contribution < -0.4 is 20.4 Å². The van der Waals surface area contributed by atoms with Crippen LogP contribution in [0.4, 0.5) is 19.2 Å². The van der Waals surface area contributed by atoms with Crippen LogP contribution in [0.1, 0.15) is 144 Å². The minimum Gasteiger partial charge on any atom is -0.530 e. The standard InChI is InChI=1S/C67H102N8O8/c76-64(77)72(56-60-32-13-9-14-33-60)50-25-5-1-21-40-68-44-29-45-69(41-22-2-6-26-51-73(65(78)79)57-61-34-15-10-16-35-61)47-31-49-71(43-24-4-8-28-53-75(67(82)83)59-63-38-19-12-20-39-63)55-54-70(48-30-46-68)42-23-3-7-27-52-74(66(80)81)58-62-36-17-11-18-37-62/h9-20,32-39H,1-8,21-31,40-59H2,(H,76,77)(H,78,79)(H,80,81)(H,82,83)/p-4. The maximum absolute atomic E-state index is 12.0. The van der Waals surface area contributed by atoms with E-state index in [2.05, 4.69) is 19.6 Å². The Morgan fingerprint density at radius 1 is 0.277 bits per heavy atom. The number of nitrogens with zero attached hydrogens (tertiary/aromatic N) is 8. The third-order valence-corrected chi connectivity index (χ3v) is 16.1. The lowest BCUT2D eigenvalue weighted by Crippen LogP contribution is -2.41. The topological polar surface area (TPSA) is 186 Å². The molecule has 1 heterocycles. The summed E-state index contributed by atoms with van der Waals surface area (Å²) >= 11 is 0. The third-order valence-electron chi connectivity index (χ3n) is 16.1. The van der Waals surface area contributed by atoms with Gasteiger partial charge < -0.3 is 78.8 Å². The molecule has 0 aromatic heterocycles. The second-order valence-corrected chi connectivity index (χ2v) is 22.8. The van der Waals surface area contributed by atoms with Gasteiger partial charge in [-0.25, -0.2) is 0 Å². The molecule has 16 heteroatoms. The van der Waals surface area contributed by atoms with Gasteiger partial charge in [0.2, 0.25) is 0 Å².